The smallest absolute Gasteiger partial charge is 0.324 e. The van der Waals surface area contributed by atoms with Crippen LogP contribution in [0.5, 0.6) is 0 Å². The number of rotatable bonds is 6. The number of carbonyl (C=O) groups is 2. The zero-order valence-corrected chi connectivity index (χ0v) is 18.0. The molecule has 0 bridgehead atoms. The molecule has 156 valence electrons. The number of amides is 1. The number of aryl methyl sites for hydroxylation is 2. The Labute approximate surface area is 177 Å². The molecule has 0 fully saturated rings. The van der Waals surface area contributed by atoms with Crippen molar-refractivity contribution in [2.75, 3.05) is 11.1 Å². The molecule has 2 aromatic rings. The summed E-state index contributed by atoms with van der Waals surface area (Å²) in [5.41, 5.74) is 2.97. The summed E-state index contributed by atoms with van der Waals surface area (Å²) in [6.45, 7) is 7.19. The van der Waals surface area contributed by atoms with Gasteiger partial charge in [-0.05, 0) is 62.1 Å². The number of ketones is 1. The number of anilines is 1. The fourth-order valence-electron chi connectivity index (χ4n) is 3.30. The predicted octanol–water partition coefficient (Wildman–Crippen LogP) is 6.36. The summed E-state index contributed by atoms with van der Waals surface area (Å²) in [6.07, 6.45) is -4.63. The average molecular weight is 444 g/mol. The second kappa shape index (κ2) is 9.22. The van der Waals surface area contributed by atoms with Crippen LogP contribution in [0.3, 0.4) is 0 Å². The van der Waals surface area contributed by atoms with E-state index in [1.807, 2.05) is 26.8 Å². The second-order valence-corrected chi connectivity index (χ2v) is 8.14. The Morgan fingerprint density at radius 3 is 2.38 bits per heavy atom. The van der Waals surface area contributed by atoms with E-state index >= 15 is 0 Å². The normalized spacial score (nSPS) is 11.4. The van der Waals surface area contributed by atoms with Gasteiger partial charge in [0.2, 0.25) is 5.91 Å². The molecule has 0 aromatic heterocycles. The van der Waals surface area contributed by atoms with E-state index in [9.17, 15) is 22.8 Å². The Kier molecular flexibility index (Phi) is 7.40. The number of hydrogen-bond donors (Lipinski definition) is 1. The van der Waals surface area contributed by atoms with Gasteiger partial charge in [0.25, 0.3) is 0 Å². The minimum absolute atomic E-state index is 0.0256. The number of para-hydroxylation sites is 1. The van der Waals surface area contributed by atoms with Gasteiger partial charge in [0, 0.05) is 11.3 Å². The van der Waals surface area contributed by atoms with E-state index in [1.54, 1.807) is 0 Å². The maximum Gasteiger partial charge on any atom is 0.418 e. The van der Waals surface area contributed by atoms with E-state index in [-0.39, 0.29) is 16.6 Å². The number of Topliss-reactive ketones (excluding diaryl/α,β-unsaturated/α-hetero) is 1. The minimum atomic E-state index is -4.63. The maximum absolute atomic E-state index is 13.1. The molecule has 1 N–H and O–H groups in total. The van der Waals surface area contributed by atoms with E-state index in [1.165, 1.54) is 30.8 Å². The van der Waals surface area contributed by atoms with Crippen molar-refractivity contribution in [3.05, 3.63) is 62.7 Å². The molecule has 3 nitrogen and oxygen atoms in total. The van der Waals surface area contributed by atoms with Crippen molar-refractivity contribution in [2.24, 2.45) is 0 Å². The summed E-state index contributed by atoms with van der Waals surface area (Å²) in [7, 11) is 0. The van der Waals surface area contributed by atoms with Gasteiger partial charge < -0.3 is 5.32 Å². The van der Waals surface area contributed by atoms with Crippen LogP contribution in [0.1, 0.15) is 45.1 Å². The first-order valence-electron chi connectivity index (χ1n) is 8.77. The Morgan fingerprint density at radius 1 is 1.14 bits per heavy atom. The number of alkyl halides is 3. The fraction of sp³-hybridized carbons (Fsp3) is 0.333. The van der Waals surface area contributed by atoms with Crippen LogP contribution in [0.25, 0.3) is 0 Å². The van der Waals surface area contributed by atoms with Crippen molar-refractivity contribution >= 4 is 40.7 Å². The molecule has 0 heterocycles. The molecule has 0 radical (unpaired) electrons. The summed E-state index contributed by atoms with van der Waals surface area (Å²) >= 11 is 7.12. The van der Waals surface area contributed by atoms with Gasteiger partial charge in [0.15, 0.2) is 5.78 Å². The monoisotopic (exact) mass is 443 g/mol. The number of hydrogen-bond acceptors (Lipinski definition) is 3. The Hall–Kier alpha value is -1.99. The van der Waals surface area contributed by atoms with Crippen molar-refractivity contribution in [1.29, 1.82) is 0 Å². The summed E-state index contributed by atoms with van der Waals surface area (Å²) in [5, 5.41) is 2.10. The molecule has 0 saturated carbocycles. The van der Waals surface area contributed by atoms with Crippen LogP contribution in [0.15, 0.2) is 24.3 Å². The lowest BCUT2D eigenvalue weighted by Crippen LogP contribution is -2.18. The van der Waals surface area contributed by atoms with Gasteiger partial charge in [-0.1, -0.05) is 23.7 Å². The zero-order valence-electron chi connectivity index (χ0n) is 16.5. The van der Waals surface area contributed by atoms with Crippen molar-refractivity contribution in [3.8, 4) is 0 Å². The van der Waals surface area contributed by atoms with Gasteiger partial charge in [-0.25, -0.2) is 0 Å². The first-order chi connectivity index (χ1) is 13.4. The Bertz CT molecular complexity index is 958. The molecule has 1 amide bonds. The number of benzene rings is 2. The van der Waals surface area contributed by atoms with Crippen LogP contribution in [-0.2, 0) is 16.7 Å². The minimum Gasteiger partial charge on any atom is -0.324 e. The van der Waals surface area contributed by atoms with E-state index in [0.717, 1.165) is 28.3 Å². The van der Waals surface area contributed by atoms with Crippen LogP contribution in [-0.4, -0.2) is 17.4 Å². The lowest BCUT2D eigenvalue weighted by molar-refractivity contribution is -0.137. The number of nitrogens with one attached hydrogen (secondary N) is 1. The molecule has 0 atom stereocenters. The molecular formula is C21H21ClF3NO2S. The van der Waals surface area contributed by atoms with Gasteiger partial charge in [0.05, 0.1) is 22.0 Å². The third-order valence-corrected chi connectivity index (χ3v) is 5.82. The van der Waals surface area contributed by atoms with Crippen LogP contribution >= 0.6 is 23.4 Å². The van der Waals surface area contributed by atoms with Crippen LogP contribution in [0.2, 0.25) is 5.02 Å². The molecule has 0 aliphatic heterocycles. The molecule has 29 heavy (non-hydrogen) atoms. The molecule has 0 unspecified atom stereocenters. The lowest BCUT2D eigenvalue weighted by atomic mass is 9.92. The second-order valence-electron chi connectivity index (χ2n) is 6.75. The summed E-state index contributed by atoms with van der Waals surface area (Å²) in [6, 6.07) is 5.28. The van der Waals surface area contributed by atoms with Gasteiger partial charge in [-0.2, -0.15) is 13.2 Å². The first kappa shape index (κ1) is 23.3. The third-order valence-electron chi connectivity index (χ3n) is 4.55. The highest BCUT2D eigenvalue weighted by Crippen LogP contribution is 2.38. The molecule has 0 aliphatic rings. The third kappa shape index (κ3) is 5.54. The van der Waals surface area contributed by atoms with E-state index in [0.29, 0.717) is 11.3 Å². The first-order valence-corrected chi connectivity index (χ1v) is 10.3. The summed E-state index contributed by atoms with van der Waals surface area (Å²) < 4.78 is 39.4. The Morgan fingerprint density at radius 2 is 1.79 bits per heavy atom. The van der Waals surface area contributed by atoms with Crippen molar-refractivity contribution in [1.82, 2.24) is 0 Å². The molecule has 0 spiro atoms. The molecule has 0 saturated heterocycles. The molecule has 8 heteroatoms. The highest BCUT2D eigenvalue weighted by molar-refractivity contribution is 7.99. The summed E-state index contributed by atoms with van der Waals surface area (Å²) in [5.74, 6) is -0.199. The van der Waals surface area contributed by atoms with E-state index < -0.39 is 23.3 Å². The topological polar surface area (TPSA) is 46.2 Å². The molecular weight excluding hydrogens is 423 g/mol. The molecule has 2 aromatic carbocycles. The number of carbonyl (C=O) groups excluding carboxylic acids is 2. The highest BCUT2D eigenvalue weighted by Gasteiger charge is 2.34. The molecule has 0 aliphatic carbocycles. The van der Waals surface area contributed by atoms with Crippen LogP contribution in [0.4, 0.5) is 18.9 Å². The van der Waals surface area contributed by atoms with Gasteiger partial charge in [0.1, 0.15) is 0 Å². The Balaban J connectivity index is 2.11. The van der Waals surface area contributed by atoms with Crippen LogP contribution in [0, 0.1) is 20.8 Å². The lowest BCUT2D eigenvalue weighted by Gasteiger charge is -2.16. The largest absolute Gasteiger partial charge is 0.418 e. The standard InChI is InChI=1S/C21H21ClF3NO2S/c1-11-8-12(2)19(14(4)27)13(3)15(11)9-29-10-18(28)26-20-16(21(23,24)25)6-5-7-17(20)22/h5-8H,9-10H2,1-4H3,(H,26,28). The molecule has 2 rings (SSSR count). The van der Waals surface area contributed by atoms with Crippen molar-refractivity contribution < 1.29 is 22.8 Å². The average Bonchev–Trinajstić information content (AvgIpc) is 2.58. The quantitative estimate of drug-likeness (QED) is 0.528. The predicted molar refractivity (Wildman–Crippen MR) is 112 cm³/mol. The van der Waals surface area contributed by atoms with Crippen molar-refractivity contribution in [3.63, 3.8) is 0 Å². The van der Waals surface area contributed by atoms with E-state index in [4.69, 9.17) is 11.6 Å². The fourth-order valence-corrected chi connectivity index (χ4v) is 4.53. The summed E-state index contributed by atoms with van der Waals surface area (Å²) in [4.78, 5) is 24.1. The van der Waals surface area contributed by atoms with Gasteiger partial charge in [-0.3, -0.25) is 9.59 Å². The zero-order chi connectivity index (χ0) is 21.9. The SMILES string of the molecule is CC(=O)c1c(C)cc(C)c(CSCC(=O)Nc2c(Cl)cccc2C(F)(F)F)c1C. The maximum atomic E-state index is 13.1. The van der Waals surface area contributed by atoms with Gasteiger partial charge >= 0.3 is 6.18 Å². The highest BCUT2D eigenvalue weighted by atomic mass is 35.5. The number of thioether (sulfide) groups is 1. The van der Waals surface area contributed by atoms with Gasteiger partial charge in [-0.15, -0.1) is 11.8 Å². The van der Waals surface area contributed by atoms with Crippen molar-refractivity contribution in [2.45, 2.75) is 39.6 Å². The number of halogens is 4. The van der Waals surface area contributed by atoms with Crippen LogP contribution < -0.4 is 5.32 Å². The van der Waals surface area contributed by atoms with E-state index in [2.05, 4.69) is 5.32 Å².